The number of piperidine rings is 1. The van der Waals surface area contributed by atoms with Gasteiger partial charge in [0.25, 0.3) is 0 Å². The van der Waals surface area contributed by atoms with Crippen LogP contribution in [0.15, 0.2) is 23.1 Å². The molecule has 1 saturated heterocycles. The van der Waals surface area contributed by atoms with Crippen LogP contribution in [0.5, 0.6) is 0 Å². The van der Waals surface area contributed by atoms with E-state index in [-0.39, 0.29) is 10.8 Å². The predicted molar refractivity (Wildman–Crippen MR) is 122 cm³/mol. The Morgan fingerprint density at radius 3 is 2.39 bits per heavy atom. The largest absolute Gasteiger partial charge is 0.343 e. The van der Waals surface area contributed by atoms with Crippen LogP contribution >= 0.6 is 0 Å². The summed E-state index contributed by atoms with van der Waals surface area (Å²) in [5.41, 5.74) is 1.51. The van der Waals surface area contributed by atoms with Crippen molar-refractivity contribution < 1.29 is 13.2 Å². The molecule has 0 radical (unpaired) electrons. The highest BCUT2D eigenvalue weighted by molar-refractivity contribution is 7.89. The quantitative estimate of drug-likeness (QED) is 0.617. The van der Waals surface area contributed by atoms with Crippen molar-refractivity contribution in [1.29, 1.82) is 0 Å². The van der Waals surface area contributed by atoms with Crippen LogP contribution in [0.25, 0.3) is 11.0 Å². The molecule has 1 fully saturated rings. The van der Waals surface area contributed by atoms with E-state index in [2.05, 4.69) is 24.0 Å². The lowest BCUT2D eigenvalue weighted by Crippen LogP contribution is -2.44. The molecule has 0 saturated carbocycles. The van der Waals surface area contributed by atoms with Gasteiger partial charge >= 0.3 is 0 Å². The lowest BCUT2D eigenvalue weighted by atomic mass is 10.0. The number of carbonyl (C=O) groups excluding carboxylic acids is 1. The predicted octanol–water partition coefficient (Wildman–Crippen LogP) is 2.09. The molecule has 1 aliphatic heterocycles. The number of fused-ring (bicyclic) bond motifs is 1. The molecular weight excluding hydrogens is 414 g/mol. The van der Waals surface area contributed by atoms with E-state index in [0.717, 1.165) is 37.3 Å². The van der Waals surface area contributed by atoms with Crippen molar-refractivity contribution in [3.8, 4) is 0 Å². The fourth-order valence-corrected chi connectivity index (χ4v) is 5.81. The summed E-state index contributed by atoms with van der Waals surface area (Å²) in [5.74, 6) is 0.956. The first-order chi connectivity index (χ1) is 14.7. The average molecular weight is 450 g/mol. The number of aryl methyl sites for hydroxylation is 2. The van der Waals surface area contributed by atoms with Gasteiger partial charge in [-0.3, -0.25) is 4.79 Å². The van der Waals surface area contributed by atoms with Gasteiger partial charge in [-0.25, -0.2) is 13.4 Å². The Hall–Kier alpha value is -1.97. The number of aromatic nitrogens is 2. The highest BCUT2D eigenvalue weighted by Gasteiger charge is 2.25. The molecule has 9 heteroatoms. The van der Waals surface area contributed by atoms with Crippen molar-refractivity contribution in [2.75, 3.05) is 40.3 Å². The Bertz CT molecular complexity index is 1020. The van der Waals surface area contributed by atoms with Gasteiger partial charge in [0.05, 0.1) is 15.9 Å². The molecule has 31 heavy (non-hydrogen) atoms. The van der Waals surface area contributed by atoms with Crippen LogP contribution in [-0.4, -0.2) is 84.3 Å². The van der Waals surface area contributed by atoms with E-state index < -0.39 is 10.0 Å². The van der Waals surface area contributed by atoms with Crippen LogP contribution in [-0.2, 0) is 28.3 Å². The minimum atomic E-state index is -3.53. The summed E-state index contributed by atoms with van der Waals surface area (Å²) in [7, 11) is 2.57. The molecular formula is C22H35N5O3S. The van der Waals surface area contributed by atoms with Crippen LogP contribution in [0.3, 0.4) is 0 Å². The maximum absolute atomic E-state index is 12.8. The number of nitrogens with zero attached hydrogens (tertiary/aromatic N) is 5. The second-order valence-electron chi connectivity index (χ2n) is 8.40. The lowest BCUT2D eigenvalue weighted by molar-refractivity contribution is -0.132. The number of carbonyl (C=O) groups is 1. The summed E-state index contributed by atoms with van der Waals surface area (Å²) in [6.07, 6.45) is 2.97. The summed E-state index contributed by atoms with van der Waals surface area (Å²) in [4.78, 5) is 21.8. The van der Waals surface area contributed by atoms with E-state index in [9.17, 15) is 13.2 Å². The minimum absolute atomic E-state index is 0.161. The first-order valence-electron chi connectivity index (χ1n) is 11.1. The van der Waals surface area contributed by atoms with Gasteiger partial charge in [0.1, 0.15) is 5.82 Å². The smallest absolute Gasteiger partial charge is 0.243 e. The molecule has 2 aromatic rings. The van der Waals surface area contributed by atoms with Gasteiger partial charge in [-0.15, -0.1) is 0 Å². The summed E-state index contributed by atoms with van der Waals surface area (Å²) in [5, 5.41) is 0. The van der Waals surface area contributed by atoms with E-state index in [1.54, 1.807) is 18.2 Å². The summed E-state index contributed by atoms with van der Waals surface area (Å²) in [6.45, 7) is 6.13. The third-order valence-corrected chi connectivity index (χ3v) is 8.44. The van der Waals surface area contributed by atoms with Gasteiger partial charge in [-0.1, -0.05) is 13.8 Å². The zero-order valence-corrected chi connectivity index (χ0v) is 20.2. The number of rotatable bonds is 8. The zero-order chi connectivity index (χ0) is 22.8. The standard InChI is InChI=1S/C22H35N5O3S/c1-6-27(7-2)31(29,30)18-8-9-20-19(16-18)23-21(25(20)5)10-11-22(28)26-14-12-17(13-15-26)24(3)4/h8-9,16-17H,6-7,10-15H2,1-5H3. The molecule has 3 rings (SSSR count). The van der Waals surface area contributed by atoms with Crippen molar-refractivity contribution in [1.82, 2.24) is 23.7 Å². The van der Waals surface area contributed by atoms with Crippen molar-refractivity contribution >= 4 is 27.0 Å². The van der Waals surface area contributed by atoms with Crippen LogP contribution in [0, 0.1) is 0 Å². The van der Waals surface area contributed by atoms with Gasteiger partial charge in [-0.05, 0) is 45.1 Å². The maximum atomic E-state index is 12.8. The van der Waals surface area contributed by atoms with Crippen molar-refractivity contribution in [3.63, 3.8) is 0 Å². The first kappa shape index (κ1) is 23.7. The second-order valence-corrected chi connectivity index (χ2v) is 10.3. The van der Waals surface area contributed by atoms with Gasteiger partial charge in [0, 0.05) is 52.1 Å². The van der Waals surface area contributed by atoms with Gasteiger partial charge in [0.2, 0.25) is 15.9 Å². The van der Waals surface area contributed by atoms with Crippen LogP contribution in [0.4, 0.5) is 0 Å². The summed E-state index contributed by atoms with van der Waals surface area (Å²) >= 11 is 0. The molecule has 0 bridgehead atoms. The fraction of sp³-hybridized carbons (Fsp3) is 0.636. The van der Waals surface area contributed by atoms with E-state index >= 15 is 0 Å². The summed E-state index contributed by atoms with van der Waals surface area (Å²) in [6, 6.07) is 5.63. The van der Waals surface area contributed by atoms with Crippen LogP contribution in [0.2, 0.25) is 0 Å². The number of hydrogen-bond acceptors (Lipinski definition) is 5. The third kappa shape index (κ3) is 4.94. The van der Waals surface area contributed by atoms with Crippen LogP contribution < -0.4 is 0 Å². The Morgan fingerprint density at radius 1 is 1.16 bits per heavy atom. The van der Waals surface area contributed by atoms with Gasteiger partial charge < -0.3 is 14.4 Å². The summed E-state index contributed by atoms with van der Waals surface area (Å²) < 4.78 is 29.0. The topological polar surface area (TPSA) is 78.8 Å². The maximum Gasteiger partial charge on any atom is 0.243 e. The number of sulfonamides is 1. The first-order valence-corrected chi connectivity index (χ1v) is 12.5. The highest BCUT2D eigenvalue weighted by atomic mass is 32.2. The number of amides is 1. The molecule has 172 valence electrons. The lowest BCUT2D eigenvalue weighted by Gasteiger charge is -2.35. The van der Waals surface area contributed by atoms with E-state index in [0.29, 0.717) is 37.5 Å². The molecule has 1 aromatic carbocycles. The number of likely N-dealkylation sites (tertiary alicyclic amines) is 1. The molecule has 0 spiro atoms. The van der Waals surface area contributed by atoms with E-state index in [4.69, 9.17) is 0 Å². The molecule has 1 amide bonds. The Morgan fingerprint density at radius 2 is 1.81 bits per heavy atom. The van der Waals surface area contributed by atoms with E-state index in [1.807, 2.05) is 30.4 Å². The second kappa shape index (κ2) is 9.67. The normalized spacial score (nSPS) is 16.0. The van der Waals surface area contributed by atoms with E-state index in [1.165, 1.54) is 4.31 Å². The fourth-order valence-electron chi connectivity index (χ4n) is 4.33. The van der Waals surface area contributed by atoms with Gasteiger partial charge in [-0.2, -0.15) is 4.31 Å². The van der Waals surface area contributed by atoms with Crippen molar-refractivity contribution in [2.24, 2.45) is 7.05 Å². The average Bonchev–Trinajstić information content (AvgIpc) is 3.07. The minimum Gasteiger partial charge on any atom is -0.343 e. The van der Waals surface area contributed by atoms with Crippen molar-refractivity contribution in [3.05, 3.63) is 24.0 Å². The number of benzene rings is 1. The van der Waals surface area contributed by atoms with Crippen molar-refractivity contribution in [2.45, 2.75) is 50.5 Å². The Labute approximate surface area is 185 Å². The third-order valence-electron chi connectivity index (χ3n) is 6.40. The molecule has 0 atom stereocenters. The Balaban J connectivity index is 1.71. The Kier molecular flexibility index (Phi) is 7.39. The molecule has 0 aliphatic carbocycles. The molecule has 8 nitrogen and oxygen atoms in total. The molecule has 2 heterocycles. The molecule has 0 N–H and O–H groups in total. The van der Waals surface area contributed by atoms with Crippen LogP contribution in [0.1, 0.15) is 38.9 Å². The SMILES string of the molecule is CCN(CC)S(=O)(=O)c1ccc2c(c1)nc(CCC(=O)N1CCC(N(C)C)CC1)n2C. The molecule has 1 aliphatic rings. The van der Waals surface area contributed by atoms with Gasteiger partial charge in [0.15, 0.2) is 0 Å². The highest BCUT2D eigenvalue weighted by Crippen LogP contribution is 2.23. The zero-order valence-electron chi connectivity index (χ0n) is 19.3. The molecule has 0 unspecified atom stereocenters. The molecule has 1 aromatic heterocycles. The number of hydrogen-bond donors (Lipinski definition) is 0. The number of imidazole rings is 1. The monoisotopic (exact) mass is 449 g/mol.